The maximum Gasteiger partial charge on any atom is 0.164 e. The zero-order valence-electron chi connectivity index (χ0n) is 29.1. The number of benzene rings is 8. The van der Waals surface area contributed by atoms with Gasteiger partial charge in [0.05, 0.1) is 5.41 Å². The molecule has 2 heterocycles. The highest BCUT2D eigenvalue weighted by Gasteiger charge is 2.46. The van der Waals surface area contributed by atoms with E-state index in [9.17, 15) is 0 Å². The number of nitrogens with zero attached hydrogens (tertiary/aromatic N) is 3. The van der Waals surface area contributed by atoms with Crippen molar-refractivity contribution in [1.82, 2.24) is 15.0 Å². The Hall–Kier alpha value is -7.17. The van der Waals surface area contributed by atoms with Gasteiger partial charge in [-0.3, -0.25) is 0 Å². The molecule has 1 aliphatic carbocycles. The molecule has 11 rings (SSSR count). The fourth-order valence-corrected chi connectivity index (χ4v) is 8.54. The lowest BCUT2D eigenvalue weighted by atomic mass is 9.67. The molecule has 0 radical (unpaired) electrons. The topological polar surface area (TPSA) is 51.8 Å². The second kappa shape index (κ2) is 11.9. The van der Waals surface area contributed by atoms with Gasteiger partial charge in [0, 0.05) is 27.5 Å². The third-order valence-corrected chi connectivity index (χ3v) is 11.0. The minimum absolute atomic E-state index is 0.495. The van der Waals surface area contributed by atoms with Crippen molar-refractivity contribution in [3.05, 3.63) is 210 Å². The molecule has 0 saturated carbocycles. The van der Waals surface area contributed by atoms with Crippen molar-refractivity contribution < 1.29 is 4.42 Å². The molecular formula is C50H31N3O. The molecule has 8 aromatic carbocycles. The number of furan rings is 1. The van der Waals surface area contributed by atoms with Gasteiger partial charge in [0.1, 0.15) is 11.2 Å². The first-order chi connectivity index (χ1) is 26.7. The zero-order valence-corrected chi connectivity index (χ0v) is 29.1. The highest BCUT2D eigenvalue weighted by Crippen LogP contribution is 2.56. The molecule has 54 heavy (non-hydrogen) atoms. The minimum atomic E-state index is -0.495. The average molecular weight is 690 g/mol. The largest absolute Gasteiger partial charge is 0.456 e. The quantitative estimate of drug-likeness (QED) is 0.180. The van der Waals surface area contributed by atoms with Crippen LogP contribution in [-0.2, 0) is 5.41 Å². The molecule has 0 aliphatic heterocycles. The monoisotopic (exact) mass is 689 g/mol. The van der Waals surface area contributed by atoms with E-state index in [2.05, 4.69) is 152 Å². The molecular weight excluding hydrogens is 659 g/mol. The normalized spacial score (nSPS) is 13.0. The second-order valence-electron chi connectivity index (χ2n) is 14.0. The summed E-state index contributed by atoms with van der Waals surface area (Å²) in [6.07, 6.45) is 0. The van der Waals surface area contributed by atoms with Gasteiger partial charge in [0.25, 0.3) is 0 Å². The van der Waals surface area contributed by atoms with Gasteiger partial charge in [-0.25, -0.2) is 15.0 Å². The Bertz CT molecular complexity index is 3010. The lowest BCUT2D eigenvalue weighted by Gasteiger charge is -2.33. The molecule has 0 saturated heterocycles. The number of rotatable bonds is 5. The Morgan fingerprint density at radius 2 is 0.926 bits per heavy atom. The Kier molecular flexibility index (Phi) is 6.73. The summed E-state index contributed by atoms with van der Waals surface area (Å²) in [5.41, 5.74) is 11.4. The fourth-order valence-electron chi connectivity index (χ4n) is 8.54. The van der Waals surface area contributed by atoms with Crippen LogP contribution < -0.4 is 0 Å². The van der Waals surface area contributed by atoms with Crippen molar-refractivity contribution in [3.8, 4) is 45.3 Å². The van der Waals surface area contributed by atoms with Gasteiger partial charge in [-0.2, -0.15) is 0 Å². The SMILES string of the molecule is c1ccc(-c2nc(-c3ccc4ccccc4c3)nc(-c3ccc4oc5cc(C6(c7ccccc7)c7ccccc7-c7ccccc76)ccc5c4c3)n2)cc1. The van der Waals surface area contributed by atoms with Crippen LogP contribution in [0.4, 0.5) is 0 Å². The third kappa shape index (κ3) is 4.60. The van der Waals surface area contributed by atoms with E-state index < -0.39 is 5.41 Å². The summed E-state index contributed by atoms with van der Waals surface area (Å²) in [6.45, 7) is 0. The number of hydrogen-bond donors (Lipinski definition) is 0. The summed E-state index contributed by atoms with van der Waals surface area (Å²) in [5.74, 6) is 1.88. The molecule has 0 spiro atoms. The van der Waals surface area contributed by atoms with Crippen molar-refractivity contribution in [2.75, 3.05) is 0 Å². The minimum Gasteiger partial charge on any atom is -0.456 e. The van der Waals surface area contributed by atoms with Crippen LogP contribution in [0.5, 0.6) is 0 Å². The predicted octanol–water partition coefficient (Wildman–Crippen LogP) is 12.3. The van der Waals surface area contributed by atoms with E-state index in [4.69, 9.17) is 19.4 Å². The summed E-state index contributed by atoms with van der Waals surface area (Å²) >= 11 is 0. The zero-order chi connectivity index (χ0) is 35.6. The van der Waals surface area contributed by atoms with Crippen LogP contribution in [-0.4, -0.2) is 15.0 Å². The molecule has 0 atom stereocenters. The highest BCUT2D eigenvalue weighted by molar-refractivity contribution is 6.06. The van der Waals surface area contributed by atoms with Crippen LogP contribution in [0.2, 0.25) is 0 Å². The van der Waals surface area contributed by atoms with E-state index in [1.165, 1.54) is 38.8 Å². The first-order valence-electron chi connectivity index (χ1n) is 18.3. The van der Waals surface area contributed by atoms with E-state index in [1.54, 1.807) is 0 Å². The molecule has 0 N–H and O–H groups in total. The van der Waals surface area contributed by atoms with E-state index in [-0.39, 0.29) is 0 Å². The van der Waals surface area contributed by atoms with Gasteiger partial charge in [0.15, 0.2) is 17.5 Å². The van der Waals surface area contributed by atoms with Crippen molar-refractivity contribution in [1.29, 1.82) is 0 Å². The van der Waals surface area contributed by atoms with Gasteiger partial charge in [-0.05, 0) is 74.5 Å². The Labute approximate surface area is 312 Å². The van der Waals surface area contributed by atoms with Crippen molar-refractivity contribution in [3.63, 3.8) is 0 Å². The predicted molar refractivity (Wildman–Crippen MR) is 218 cm³/mol. The van der Waals surface area contributed by atoms with Crippen LogP contribution >= 0.6 is 0 Å². The van der Waals surface area contributed by atoms with E-state index in [1.807, 2.05) is 36.4 Å². The maximum absolute atomic E-state index is 6.67. The summed E-state index contributed by atoms with van der Waals surface area (Å²) < 4.78 is 6.67. The molecule has 0 amide bonds. The number of hydrogen-bond acceptors (Lipinski definition) is 4. The molecule has 10 aromatic rings. The first-order valence-corrected chi connectivity index (χ1v) is 18.3. The molecule has 2 aromatic heterocycles. The molecule has 0 unspecified atom stereocenters. The summed E-state index contributed by atoms with van der Waals surface area (Å²) in [5, 5.41) is 4.38. The Morgan fingerprint density at radius 1 is 0.352 bits per heavy atom. The van der Waals surface area contributed by atoms with E-state index in [0.717, 1.165) is 44.0 Å². The Morgan fingerprint density at radius 3 is 1.65 bits per heavy atom. The third-order valence-electron chi connectivity index (χ3n) is 11.0. The fraction of sp³-hybridized carbons (Fsp3) is 0.0200. The second-order valence-corrected chi connectivity index (χ2v) is 14.0. The van der Waals surface area contributed by atoms with Crippen LogP contribution in [0.25, 0.3) is 78.0 Å². The van der Waals surface area contributed by atoms with Gasteiger partial charge in [-0.15, -0.1) is 0 Å². The smallest absolute Gasteiger partial charge is 0.164 e. The number of aromatic nitrogens is 3. The standard InChI is InChI=1S/C50H31N3O/c1-3-14-33(15-4-1)47-51-48(35-24-23-32-13-7-8-16-34(32)29-35)53-49(52-47)36-25-28-45-42(30-36)41-27-26-38(31-46(41)54-45)50(37-17-5-2-6-18-37)43-21-11-9-19-39(43)40-20-10-12-22-44(40)50/h1-31H. The maximum atomic E-state index is 6.67. The van der Waals surface area contributed by atoms with Gasteiger partial charge >= 0.3 is 0 Å². The van der Waals surface area contributed by atoms with Gasteiger partial charge in [0.2, 0.25) is 0 Å². The summed E-state index contributed by atoms with van der Waals surface area (Å²) in [6, 6.07) is 66.3. The molecule has 4 heteroatoms. The molecule has 0 fully saturated rings. The first kappa shape index (κ1) is 30.5. The average Bonchev–Trinajstić information content (AvgIpc) is 3.77. The van der Waals surface area contributed by atoms with Crippen LogP contribution in [0, 0.1) is 0 Å². The number of fused-ring (bicyclic) bond motifs is 7. The van der Waals surface area contributed by atoms with E-state index in [0.29, 0.717) is 17.5 Å². The van der Waals surface area contributed by atoms with Crippen molar-refractivity contribution in [2.24, 2.45) is 0 Å². The lowest BCUT2D eigenvalue weighted by molar-refractivity contribution is 0.665. The molecule has 252 valence electrons. The van der Waals surface area contributed by atoms with Crippen LogP contribution in [0.3, 0.4) is 0 Å². The lowest BCUT2D eigenvalue weighted by Crippen LogP contribution is -2.28. The Balaban J connectivity index is 1.08. The van der Waals surface area contributed by atoms with Crippen LogP contribution in [0.15, 0.2) is 192 Å². The summed E-state index contributed by atoms with van der Waals surface area (Å²) in [4.78, 5) is 15.1. The van der Waals surface area contributed by atoms with Crippen molar-refractivity contribution in [2.45, 2.75) is 5.41 Å². The molecule has 4 nitrogen and oxygen atoms in total. The van der Waals surface area contributed by atoms with Crippen LogP contribution in [0.1, 0.15) is 22.3 Å². The molecule has 1 aliphatic rings. The van der Waals surface area contributed by atoms with Gasteiger partial charge in [-0.1, -0.05) is 158 Å². The summed E-state index contributed by atoms with van der Waals surface area (Å²) in [7, 11) is 0. The van der Waals surface area contributed by atoms with Gasteiger partial charge < -0.3 is 4.42 Å². The molecule has 0 bridgehead atoms. The van der Waals surface area contributed by atoms with E-state index >= 15 is 0 Å². The highest BCUT2D eigenvalue weighted by atomic mass is 16.3. The van der Waals surface area contributed by atoms with Crippen molar-refractivity contribution >= 4 is 32.7 Å².